The summed E-state index contributed by atoms with van der Waals surface area (Å²) in [7, 11) is 4.72. The highest BCUT2D eigenvalue weighted by molar-refractivity contribution is 5.68. The predicted molar refractivity (Wildman–Crippen MR) is 113 cm³/mol. The lowest BCUT2D eigenvalue weighted by atomic mass is 10.1. The molecule has 0 N–H and O–H groups in total. The first-order chi connectivity index (χ1) is 15.7. The Kier molecular flexibility index (Phi) is 6.52. The molecule has 0 fully saturated rings. The molecule has 0 aliphatic heterocycles. The van der Waals surface area contributed by atoms with Crippen LogP contribution in [0.25, 0.3) is 22.8 Å². The van der Waals surface area contributed by atoms with E-state index in [0.717, 1.165) is 5.56 Å². The van der Waals surface area contributed by atoms with Crippen molar-refractivity contribution in [3.05, 3.63) is 60.4 Å². The second kappa shape index (κ2) is 9.84. The van der Waals surface area contributed by atoms with Gasteiger partial charge in [-0.1, -0.05) is 11.2 Å². The van der Waals surface area contributed by atoms with Gasteiger partial charge in [0.1, 0.15) is 0 Å². The third kappa shape index (κ3) is 4.65. The Balaban J connectivity index is 1.55. The molecule has 0 atom stereocenters. The van der Waals surface area contributed by atoms with Crippen molar-refractivity contribution < 1.29 is 23.5 Å². The Labute approximate surface area is 184 Å². The van der Waals surface area contributed by atoms with E-state index < -0.39 is 0 Å². The maximum Gasteiger partial charge on any atom is 0.264 e. The van der Waals surface area contributed by atoms with E-state index in [-0.39, 0.29) is 12.5 Å². The van der Waals surface area contributed by atoms with Gasteiger partial charge < -0.3 is 23.5 Å². The molecule has 164 valence electrons. The molecule has 32 heavy (non-hydrogen) atoms. The Morgan fingerprint density at radius 2 is 1.72 bits per heavy atom. The summed E-state index contributed by atoms with van der Waals surface area (Å²) in [6.07, 6.45) is 3.35. The quantitative estimate of drug-likeness (QED) is 0.388. The van der Waals surface area contributed by atoms with E-state index in [2.05, 4.69) is 25.1 Å². The van der Waals surface area contributed by atoms with Gasteiger partial charge in [-0.2, -0.15) is 9.97 Å². The maximum atomic E-state index is 5.82. The fraction of sp³-hybridized carbons (Fsp3) is 0.227. The minimum absolute atomic E-state index is 0.0263. The van der Waals surface area contributed by atoms with Crippen LogP contribution >= 0.6 is 0 Å². The van der Waals surface area contributed by atoms with Gasteiger partial charge in [-0.15, -0.1) is 0 Å². The molecule has 0 amide bonds. The molecule has 0 saturated heterocycles. The summed E-state index contributed by atoms with van der Waals surface area (Å²) in [5.41, 5.74) is 2.14. The number of hydrogen-bond acceptors (Lipinski definition) is 10. The number of rotatable bonds is 9. The molecule has 1 aromatic carbocycles. The Bertz CT molecular complexity index is 1180. The number of hydrogen-bond donors (Lipinski definition) is 0. The Morgan fingerprint density at radius 1 is 0.875 bits per heavy atom. The topological polar surface area (TPSA) is 115 Å². The summed E-state index contributed by atoms with van der Waals surface area (Å²) >= 11 is 0. The monoisotopic (exact) mass is 435 g/mol. The van der Waals surface area contributed by atoms with Crippen LogP contribution in [-0.4, -0.2) is 46.4 Å². The molecular formula is C22H21N5O5. The molecule has 10 heteroatoms. The van der Waals surface area contributed by atoms with Crippen molar-refractivity contribution in [3.63, 3.8) is 0 Å². The van der Waals surface area contributed by atoms with Crippen molar-refractivity contribution >= 4 is 0 Å². The molecule has 0 radical (unpaired) electrons. The smallest absolute Gasteiger partial charge is 0.264 e. The van der Waals surface area contributed by atoms with Gasteiger partial charge in [0.05, 0.1) is 32.1 Å². The summed E-state index contributed by atoms with van der Waals surface area (Å²) in [4.78, 5) is 17.4. The van der Waals surface area contributed by atoms with Crippen molar-refractivity contribution in [2.45, 2.75) is 13.2 Å². The molecule has 4 rings (SSSR count). The molecule has 0 bridgehead atoms. The van der Waals surface area contributed by atoms with Crippen molar-refractivity contribution in [3.8, 4) is 40.2 Å². The average Bonchev–Trinajstić information content (AvgIpc) is 3.31. The van der Waals surface area contributed by atoms with Gasteiger partial charge in [0.25, 0.3) is 5.89 Å². The number of nitrogens with zero attached hydrogens (tertiary/aromatic N) is 5. The van der Waals surface area contributed by atoms with Gasteiger partial charge in [-0.25, -0.2) is 4.98 Å². The zero-order valence-electron chi connectivity index (χ0n) is 17.8. The van der Waals surface area contributed by atoms with Crippen LogP contribution in [0, 0.1) is 0 Å². The predicted octanol–water partition coefficient (Wildman–Crippen LogP) is 3.33. The molecule has 0 saturated carbocycles. The lowest BCUT2D eigenvalue weighted by molar-refractivity contribution is 0.180. The molecular weight excluding hydrogens is 414 g/mol. The number of methoxy groups -OCH3 is 3. The van der Waals surface area contributed by atoms with Gasteiger partial charge >= 0.3 is 0 Å². The fourth-order valence-electron chi connectivity index (χ4n) is 3.02. The van der Waals surface area contributed by atoms with E-state index in [0.29, 0.717) is 46.9 Å². The van der Waals surface area contributed by atoms with Crippen molar-refractivity contribution in [2.24, 2.45) is 0 Å². The largest absolute Gasteiger partial charge is 0.493 e. The zero-order valence-corrected chi connectivity index (χ0v) is 17.8. The first-order valence-corrected chi connectivity index (χ1v) is 9.66. The maximum absolute atomic E-state index is 5.82. The lowest BCUT2D eigenvalue weighted by Crippen LogP contribution is -2.03. The summed E-state index contributed by atoms with van der Waals surface area (Å²) < 4.78 is 27.1. The number of para-hydroxylation sites is 1. The van der Waals surface area contributed by atoms with Crippen LogP contribution in [0.5, 0.6) is 17.4 Å². The van der Waals surface area contributed by atoms with E-state index in [1.54, 1.807) is 45.9 Å². The normalized spacial score (nSPS) is 10.7. The van der Waals surface area contributed by atoms with Gasteiger partial charge in [-0.3, -0.25) is 4.98 Å². The van der Waals surface area contributed by atoms with E-state index in [4.69, 9.17) is 23.5 Å². The number of aromatic nitrogens is 5. The molecule has 0 aliphatic rings. The van der Waals surface area contributed by atoms with Crippen molar-refractivity contribution in [1.29, 1.82) is 0 Å². The van der Waals surface area contributed by atoms with Crippen LogP contribution in [0.3, 0.4) is 0 Å². The molecule has 0 spiro atoms. The van der Waals surface area contributed by atoms with Crippen LogP contribution < -0.4 is 14.2 Å². The zero-order chi connectivity index (χ0) is 22.3. The molecule has 0 aliphatic carbocycles. The first-order valence-electron chi connectivity index (χ1n) is 9.66. The van der Waals surface area contributed by atoms with Crippen LogP contribution in [0.4, 0.5) is 0 Å². The lowest BCUT2D eigenvalue weighted by Gasteiger charge is -2.09. The van der Waals surface area contributed by atoms with Crippen molar-refractivity contribution in [1.82, 2.24) is 25.1 Å². The third-order valence-electron chi connectivity index (χ3n) is 4.44. The molecule has 10 nitrogen and oxygen atoms in total. The van der Waals surface area contributed by atoms with Crippen LogP contribution in [0.1, 0.15) is 11.6 Å². The van der Waals surface area contributed by atoms with Crippen LogP contribution in [-0.2, 0) is 18.0 Å². The Hall–Kier alpha value is -4.05. The van der Waals surface area contributed by atoms with Crippen LogP contribution in [0.2, 0.25) is 0 Å². The van der Waals surface area contributed by atoms with E-state index in [9.17, 15) is 0 Å². The van der Waals surface area contributed by atoms with Gasteiger partial charge in [0.15, 0.2) is 23.9 Å². The Morgan fingerprint density at radius 3 is 2.47 bits per heavy atom. The van der Waals surface area contributed by atoms with Gasteiger partial charge in [0.2, 0.25) is 11.7 Å². The van der Waals surface area contributed by atoms with E-state index in [1.807, 2.05) is 24.3 Å². The minimum Gasteiger partial charge on any atom is -0.493 e. The molecule has 0 unspecified atom stereocenters. The van der Waals surface area contributed by atoms with Gasteiger partial charge in [0, 0.05) is 31.1 Å². The SMILES string of the molecule is COCc1cc(OCc2nc(-c3cccc(OC)c3OC)no2)nc(-c2ccncc2)n1. The highest BCUT2D eigenvalue weighted by Crippen LogP contribution is 2.36. The molecule has 4 aromatic rings. The highest BCUT2D eigenvalue weighted by atomic mass is 16.5. The fourth-order valence-corrected chi connectivity index (χ4v) is 3.02. The summed E-state index contributed by atoms with van der Waals surface area (Å²) in [5.74, 6) is 2.59. The van der Waals surface area contributed by atoms with Crippen molar-refractivity contribution in [2.75, 3.05) is 21.3 Å². The van der Waals surface area contributed by atoms with E-state index in [1.165, 1.54) is 0 Å². The molecule has 3 aromatic heterocycles. The minimum atomic E-state index is 0.0263. The number of ether oxygens (including phenoxy) is 4. The number of benzene rings is 1. The second-order valence-corrected chi connectivity index (χ2v) is 6.53. The average molecular weight is 435 g/mol. The summed E-state index contributed by atoms with van der Waals surface area (Å²) in [6.45, 7) is 0.343. The van der Waals surface area contributed by atoms with Gasteiger partial charge in [-0.05, 0) is 24.3 Å². The van der Waals surface area contributed by atoms with Crippen LogP contribution in [0.15, 0.2) is 53.3 Å². The number of pyridine rings is 1. The van der Waals surface area contributed by atoms with E-state index >= 15 is 0 Å². The molecule has 3 heterocycles. The summed E-state index contributed by atoms with van der Waals surface area (Å²) in [5, 5.41) is 4.03. The summed E-state index contributed by atoms with van der Waals surface area (Å²) in [6, 6.07) is 10.8. The third-order valence-corrected chi connectivity index (χ3v) is 4.44. The second-order valence-electron chi connectivity index (χ2n) is 6.53. The first kappa shape index (κ1) is 21.2. The highest BCUT2D eigenvalue weighted by Gasteiger charge is 2.17. The standard InChI is InChI=1S/C22H21N5O5/c1-28-12-15-11-18(25-21(24-15)14-7-9-23-10-8-14)31-13-19-26-22(27-32-19)16-5-4-6-17(29-2)20(16)30-3/h4-11H,12-13H2,1-3H3.